The number of nitrogens with zero attached hydrogens (tertiary/aromatic N) is 3. The smallest absolute Gasteiger partial charge is 0.251 e. The number of nitrogens with one attached hydrogen (secondary N) is 1. The summed E-state index contributed by atoms with van der Waals surface area (Å²) in [5, 5.41) is 7.00. The van der Waals surface area contributed by atoms with Gasteiger partial charge < -0.3 is 11.1 Å². The number of carbonyl (C=O) groups is 1. The van der Waals surface area contributed by atoms with Crippen LogP contribution >= 0.6 is 12.4 Å². The topological polar surface area (TPSA) is 85.8 Å². The maximum atomic E-state index is 12.1. The van der Waals surface area contributed by atoms with Gasteiger partial charge in [-0.05, 0) is 49.4 Å². The van der Waals surface area contributed by atoms with Crippen molar-refractivity contribution in [1.29, 1.82) is 0 Å². The van der Waals surface area contributed by atoms with Gasteiger partial charge in [-0.1, -0.05) is 0 Å². The van der Waals surface area contributed by atoms with Crippen molar-refractivity contribution in [2.24, 2.45) is 11.7 Å². The van der Waals surface area contributed by atoms with E-state index >= 15 is 0 Å². The molecule has 1 heterocycles. The number of hydrogen-bond acceptors (Lipinski definition) is 4. The molecule has 2 aromatic rings. The molecule has 0 radical (unpaired) electrons. The number of carbonyl (C=O) groups excluding carboxylic acids is 1. The van der Waals surface area contributed by atoms with Gasteiger partial charge in [-0.25, -0.2) is 9.67 Å². The van der Waals surface area contributed by atoms with Crippen molar-refractivity contribution in [2.75, 3.05) is 6.54 Å². The van der Waals surface area contributed by atoms with Crippen molar-refractivity contribution >= 4 is 18.3 Å². The number of benzene rings is 1. The van der Waals surface area contributed by atoms with Crippen LogP contribution in [-0.4, -0.2) is 33.3 Å². The molecular weight excluding hydrogens is 302 g/mol. The summed E-state index contributed by atoms with van der Waals surface area (Å²) in [7, 11) is 0. The Morgan fingerprint density at radius 3 is 2.86 bits per heavy atom. The van der Waals surface area contributed by atoms with Gasteiger partial charge in [0.05, 0.1) is 5.69 Å². The van der Waals surface area contributed by atoms with Crippen LogP contribution in [0.15, 0.2) is 30.9 Å². The Hall–Kier alpha value is -1.92. The summed E-state index contributed by atoms with van der Waals surface area (Å²) in [4.78, 5) is 16.1. The zero-order valence-electron chi connectivity index (χ0n) is 12.4. The predicted octanol–water partition coefficient (Wildman–Crippen LogP) is 1.46. The SMILES string of the molecule is Cc1cc(C(=O)NCC(N)C2CC2)ccc1-n1cncn1.Cl. The van der Waals surface area contributed by atoms with Crippen molar-refractivity contribution < 1.29 is 4.79 Å². The van der Waals surface area contributed by atoms with Crippen LogP contribution in [-0.2, 0) is 0 Å². The standard InChI is InChI=1S/C15H19N5O.ClH/c1-10-6-12(4-5-14(10)20-9-17-8-19-20)15(21)18-7-13(16)11-2-3-11;/h4-6,8-9,11,13H,2-3,7,16H2,1H3,(H,18,21);1H. The van der Waals surface area contributed by atoms with Crippen molar-refractivity contribution in [3.05, 3.63) is 42.0 Å². The minimum atomic E-state index is -0.0839. The molecule has 0 bridgehead atoms. The van der Waals surface area contributed by atoms with E-state index in [4.69, 9.17) is 5.73 Å². The molecule has 1 saturated carbocycles. The Morgan fingerprint density at radius 2 is 2.27 bits per heavy atom. The molecule has 1 aromatic heterocycles. The molecule has 3 rings (SSSR count). The number of aromatic nitrogens is 3. The molecule has 7 heteroatoms. The van der Waals surface area contributed by atoms with Crippen LogP contribution in [0.4, 0.5) is 0 Å². The molecule has 1 aliphatic carbocycles. The first-order chi connectivity index (χ1) is 10.1. The van der Waals surface area contributed by atoms with Gasteiger partial charge in [-0.3, -0.25) is 4.79 Å². The number of hydrogen-bond donors (Lipinski definition) is 2. The molecule has 1 atom stereocenters. The van der Waals surface area contributed by atoms with Crippen LogP contribution in [0.2, 0.25) is 0 Å². The lowest BCUT2D eigenvalue weighted by Gasteiger charge is -2.12. The summed E-state index contributed by atoms with van der Waals surface area (Å²) < 4.78 is 1.68. The van der Waals surface area contributed by atoms with E-state index in [1.54, 1.807) is 17.1 Å². The predicted molar refractivity (Wildman–Crippen MR) is 86.4 cm³/mol. The van der Waals surface area contributed by atoms with Gasteiger partial charge in [0.2, 0.25) is 0 Å². The van der Waals surface area contributed by atoms with Crippen LogP contribution in [0, 0.1) is 12.8 Å². The summed E-state index contributed by atoms with van der Waals surface area (Å²) in [6.45, 7) is 2.48. The fourth-order valence-electron chi connectivity index (χ4n) is 2.39. The van der Waals surface area contributed by atoms with Crippen LogP contribution in [0.3, 0.4) is 0 Å². The monoisotopic (exact) mass is 321 g/mol. The molecule has 1 aromatic carbocycles. The van der Waals surface area contributed by atoms with Crippen molar-refractivity contribution in [3.8, 4) is 5.69 Å². The highest BCUT2D eigenvalue weighted by atomic mass is 35.5. The van der Waals surface area contributed by atoms with Gasteiger partial charge in [0.25, 0.3) is 5.91 Å². The van der Waals surface area contributed by atoms with Crippen molar-refractivity contribution in [1.82, 2.24) is 20.1 Å². The van der Waals surface area contributed by atoms with E-state index in [-0.39, 0.29) is 24.4 Å². The van der Waals surface area contributed by atoms with E-state index in [0.717, 1.165) is 11.3 Å². The molecule has 3 N–H and O–H groups in total. The molecule has 22 heavy (non-hydrogen) atoms. The lowest BCUT2D eigenvalue weighted by molar-refractivity contribution is 0.0950. The van der Waals surface area contributed by atoms with Gasteiger partial charge in [-0.2, -0.15) is 5.10 Å². The molecule has 1 unspecified atom stereocenters. The molecular formula is C15H20ClN5O. The first-order valence-electron chi connectivity index (χ1n) is 7.14. The van der Waals surface area contributed by atoms with Crippen molar-refractivity contribution in [3.63, 3.8) is 0 Å². The van der Waals surface area contributed by atoms with Gasteiger partial charge in [0.1, 0.15) is 12.7 Å². The summed E-state index contributed by atoms with van der Waals surface area (Å²) in [5.41, 5.74) is 8.52. The third-order valence-electron chi connectivity index (χ3n) is 3.85. The Morgan fingerprint density at radius 1 is 1.50 bits per heavy atom. The summed E-state index contributed by atoms with van der Waals surface area (Å²) in [6.07, 6.45) is 5.49. The maximum absolute atomic E-state index is 12.1. The lowest BCUT2D eigenvalue weighted by atomic mass is 10.1. The maximum Gasteiger partial charge on any atom is 0.251 e. The Bertz CT molecular complexity index is 639. The average molecular weight is 322 g/mol. The quantitative estimate of drug-likeness (QED) is 0.873. The minimum Gasteiger partial charge on any atom is -0.350 e. The minimum absolute atomic E-state index is 0. The highest BCUT2D eigenvalue weighted by molar-refractivity contribution is 5.94. The van der Waals surface area contributed by atoms with E-state index in [0.29, 0.717) is 18.0 Å². The summed E-state index contributed by atoms with van der Waals surface area (Å²) >= 11 is 0. The highest BCUT2D eigenvalue weighted by Gasteiger charge is 2.28. The first-order valence-corrected chi connectivity index (χ1v) is 7.14. The van der Waals surface area contributed by atoms with E-state index in [1.165, 1.54) is 19.2 Å². The first kappa shape index (κ1) is 16.5. The largest absolute Gasteiger partial charge is 0.350 e. The Kier molecular flexibility index (Phi) is 5.15. The second-order valence-corrected chi connectivity index (χ2v) is 5.55. The van der Waals surface area contributed by atoms with Crippen LogP contribution in [0.25, 0.3) is 5.69 Å². The molecule has 0 saturated heterocycles. The molecule has 1 fully saturated rings. The Labute approximate surface area is 135 Å². The number of nitrogens with two attached hydrogens (primary N) is 1. The molecule has 0 aliphatic heterocycles. The van der Waals surface area contributed by atoms with Gasteiger partial charge in [0, 0.05) is 18.2 Å². The number of rotatable bonds is 5. The average Bonchev–Trinajstić information content (AvgIpc) is 3.20. The molecule has 1 amide bonds. The molecule has 0 spiro atoms. The Balaban J connectivity index is 0.00000176. The fraction of sp³-hybridized carbons (Fsp3) is 0.400. The molecule has 6 nitrogen and oxygen atoms in total. The zero-order valence-corrected chi connectivity index (χ0v) is 13.2. The second-order valence-electron chi connectivity index (χ2n) is 5.55. The number of halogens is 1. The summed E-state index contributed by atoms with van der Waals surface area (Å²) in [5.74, 6) is 0.501. The second kappa shape index (κ2) is 6.89. The number of aryl methyl sites for hydroxylation is 1. The van der Waals surface area contributed by atoms with E-state index < -0.39 is 0 Å². The van der Waals surface area contributed by atoms with Crippen LogP contribution in [0.1, 0.15) is 28.8 Å². The third-order valence-corrected chi connectivity index (χ3v) is 3.85. The lowest BCUT2D eigenvalue weighted by Crippen LogP contribution is -2.38. The third kappa shape index (κ3) is 3.64. The fourth-order valence-corrected chi connectivity index (χ4v) is 2.39. The van der Waals surface area contributed by atoms with E-state index in [1.807, 2.05) is 19.1 Å². The zero-order chi connectivity index (χ0) is 14.8. The normalized spacial score (nSPS) is 15.0. The van der Waals surface area contributed by atoms with Gasteiger partial charge in [-0.15, -0.1) is 12.4 Å². The number of amides is 1. The van der Waals surface area contributed by atoms with E-state index in [9.17, 15) is 4.79 Å². The van der Waals surface area contributed by atoms with Gasteiger partial charge >= 0.3 is 0 Å². The van der Waals surface area contributed by atoms with Gasteiger partial charge in [0.15, 0.2) is 0 Å². The van der Waals surface area contributed by atoms with Crippen LogP contribution in [0.5, 0.6) is 0 Å². The van der Waals surface area contributed by atoms with E-state index in [2.05, 4.69) is 15.4 Å². The van der Waals surface area contributed by atoms with Crippen molar-refractivity contribution in [2.45, 2.75) is 25.8 Å². The summed E-state index contributed by atoms with van der Waals surface area (Å²) in [6, 6.07) is 5.60. The molecule has 1 aliphatic rings. The highest BCUT2D eigenvalue weighted by Crippen LogP contribution is 2.31. The molecule has 118 valence electrons. The van der Waals surface area contributed by atoms with Crippen LogP contribution < -0.4 is 11.1 Å².